The lowest BCUT2D eigenvalue weighted by Gasteiger charge is -2.30. The van der Waals surface area contributed by atoms with E-state index in [2.05, 4.69) is 17.2 Å². The lowest BCUT2D eigenvalue weighted by Crippen LogP contribution is -2.41. The van der Waals surface area contributed by atoms with Gasteiger partial charge in [0.25, 0.3) is 0 Å². The van der Waals surface area contributed by atoms with Crippen molar-refractivity contribution in [3.63, 3.8) is 0 Å². The Labute approximate surface area is 164 Å². The molecule has 0 unspecified atom stereocenters. The number of aryl methyl sites for hydroxylation is 1. The molecule has 1 N–H and O–H groups in total. The average molecular weight is 408 g/mol. The van der Waals surface area contributed by atoms with Crippen molar-refractivity contribution in [2.24, 2.45) is 5.92 Å². The Morgan fingerprint density at radius 2 is 2.00 bits per heavy atom. The molecule has 0 spiro atoms. The Bertz CT molecular complexity index is 925. The van der Waals surface area contributed by atoms with Crippen LogP contribution in [-0.4, -0.2) is 36.7 Å². The highest BCUT2D eigenvalue weighted by atomic mass is 35.5. The van der Waals surface area contributed by atoms with Gasteiger partial charge in [0.05, 0.1) is 0 Å². The highest BCUT2D eigenvalue weighted by molar-refractivity contribution is 7.89. The number of halogens is 1. The van der Waals surface area contributed by atoms with Gasteiger partial charge in [0.15, 0.2) is 0 Å². The Kier molecular flexibility index (Phi) is 6.14. The highest BCUT2D eigenvalue weighted by Gasteiger charge is 2.33. The molecule has 1 amide bonds. The van der Waals surface area contributed by atoms with Gasteiger partial charge in [-0.25, -0.2) is 13.4 Å². The van der Waals surface area contributed by atoms with Crippen molar-refractivity contribution in [1.82, 2.24) is 9.29 Å². The Hall–Kier alpha value is -1.96. The lowest BCUT2D eigenvalue weighted by atomic mass is 9.97. The fourth-order valence-electron chi connectivity index (χ4n) is 3.17. The van der Waals surface area contributed by atoms with Crippen LogP contribution in [0.3, 0.4) is 0 Å². The van der Waals surface area contributed by atoms with Crippen LogP contribution in [0.15, 0.2) is 47.5 Å². The molecule has 3 rings (SSSR count). The summed E-state index contributed by atoms with van der Waals surface area (Å²) in [6, 6.07) is 10.8. The highest BCUT2D eigenvalue weighted by Crippen LogP contribution is 2.27. The number of rotatable bonds is 5. The van der Waals surface area contributed by atoms with Gasteiger partial charge < -0.3 is 5.32 Å². The molecule has 1 aliphatic heterocycles. The zero-order valence-corrected chi connectivity index (χ0v) is 16.6. The Morgan fingerprint density at radius 3 is 2.67 bits per heavy atom. The van der Waals surface area contributed by atoms with Crippen LogP contribution in [0.2, 0.25) is 5.15 Å². The van der Waals surface area contributed by atoms with E-state index in [0.717, 1.165) is 17.7 Å². The third kappa shape index (κ3) is 4.48. The molecule has 0 bridgehead atoms. The molecule has 1 saturated heterocycles. The summed E-state index contributed by atoms with van der Waals surface area (Å²) < 4.78 is 26.9. The molecule has 144 valence electrons. The largest absolute Gasteiger partial charge is 0.326 e. The summed E-state index contributed by atoms with van der Waals surface area (Å²) in [7, 11) is -3.70. The molecular weight excluding hydrogens is 386 g/mol. The summed E-state index contributed by atoms with van der Waals surface area (Å²) in [6.07, 6.45) is 3.29. The smallest absolute Gasteiger partial charge is 0.246 e. The summed E-state index contributed by atoms with van der Waals surface area (Å²) in [5, 5.41) is 2.91. The number of aromatic nitrogens is 1. The molecule has 0 radical (unpaired) electrons. The number of benzene rings is 1. The monoisotopic (exact) mass is 407 g/mol. The number of nitrogens with one attached hydrogen (secondary N) is 1. The minimum Gasteiger partial charge on any atom is -0.326 e. The van der Waals surface area contributed by atoms with E-state index in [0.29, 0.717) is 12.8 Å². The quantitative estimate of drug-likeness (QED) is 0.771. The first-order chi connectivity index (χ1) is 12.9. The van der Waals surface area contributed by atoms with E-state index < -0.39 is 10.0 Å². The molecule has 2 aromatic rings. The first kappa shape index (κ1) is 19.8. The molecular formula is C19H22ClN3O3S. The number of hydrogen-bond donors (Lipinski definition) is 1. The summed E-state index contributed by atoms with van der Waals surface area (Å²) in [5.74, 6) is -0.286. The van der Waals surface area contributed by atoms with Crippen LogP contribution in [0.5, 0.6) is 0 Å². The molecule has 0 atom stereocenters. The van der Waals surface area contributed by atoms with Crippen molar-refractivity contribution in [3.8, 4) is 0 Å². The van der Waals surface area contributed by atoms with Crippen molar-refractivity contribution in [2.45, 2.75) is 31.1 Å². The number of anilines is 1. The molecule has 6 nitrogen and oxygen atoms in total. The minimum atomic E-state index is -3.70. The maximum atomic E-state index is 12.7. The number of sulfonamides is 1. The van der Waals surface area contributed by atoms with Gasteiger partial charge in [0, 0.05) is 30.9 Å². The van der Waals surface area contributed by atoms with Gasteiger partial charge in [0.1, 0.15) is 10.0 Å². The van der Waals surface area contributed by atoms with Crippen molar-refractivity contribution >= 4 is 33.2 Å². The Balaban J connectivity index is 1.63. The van der Waals surface area contributed by atoms with Crippen LogP contribution in [0.25, 0.3) is 0 Å². The first-order valence-electron chi connectivity index (χ1n) is 8.92. The van der Waals surface area contributed by atoms with Gasteiger partial charge >= 0.3 is 0 Å². The van der Waals surface area contributed by atoms with E-state index in [1.54, 1.807) is 6.07 Å². The third-order valence-corrected chi connectivity index (χ3v) is 7.11. The maximum Gasteiger partial charge on any atom is 0.246 e. The third-order valence-electron chi connectivity index (χ3n) is 4.77. The van der Waals surface area contributed by atoms with Crippen LogP contribution in [0.1, 0.15) is 25.3 Å². The van der Waals surface area contributed by atoms with E-state index in [1.165, 1.54) is 16.6 Å². The second kappa shape index (κ2) is 8.37. The molecule has 8 heteroatoms. The van der Waals surface area contributed by atoms with Crippen LogP contribution >= 0.6 is 11.6 Å². The fourth-order valence-corrected chi connectivity index (χ4v) is 5.07. The van der Waals surface area contributed by atoms with Crippen molar-refractivity contribution < 1.29 is 13.2 Å². The van der Waals surface area contributed by atoms with Crippen LogP contribution in [0, 0.1) is 5.92 Å². The fraction of sp³-hybridized carbons (Fsp3) is 0.368. The molecule has 1 aromatic heterocycles. The molecule has 1 fully saturated rings. The summed E-state index contributed by atoms with van der Waals surface area (Å²) in [4.78, 5) is 16.4. The number of carbonyl (C=O) groups excluding carboxylic acids is 1. The molecule has 1 aliphatic rings. The standard InChI is InChI=1S/C19H22ClN3O3S/c1-2-14-5-3-6-16(13-14)22-19(24)15-8-11-23(12-9-15)27(25,26)17-7-4-10-21-18(17)20/h3-7,10,13,15H,2,8-9,11-12H2,1H3,(H,22,24). The second-order valence-electron chi connectivity index (χ2n) is 6.51. The first-order valence-corrected chi connectivity index (χ1v) is 10.7. The molecule has 2 heterocycles. The second-order valence-corrected chi connectivity index (χ2v) is 8.78. The summed E-state index contributed by atoms with van der Waals surface area (Å²) in [5.41, 5.74) is 1.93. The van der Waals surface area contributed by atoms with Crippen LogP contribution < -0.4 is 5.32 Å². The summed E-state index contributed by atoms with van der Waals surface area (Å²) in [6.45, 7) is 2.62. The van der Waals surface area contributed by atoms with Gasteiger partial charge in [-0.05, 0) is 49.1 Å². The molecule has 0 aliphatic carbocycles. The van der Waals surface area contributed by atoms with E-state index in [-0.39, 0.29) is 35.0 Å². The SMILES string of the molecule is CCc1cccc(NC(=O)C2CCN(S(=O)(=O)c3cccnc3Cl)CC2)c1. The van der Waals surface area contributed by atoms with Crippen molar-refractivity contribution in [3.05, 3.63) is 53.3 Å². The molecule has 27 heavy (non-hydrogen) atoms. The van der Waals surface area contributed by atoms with E-state index in [4.69, 9.17) is 11.6 Å². The van der Waals surface area contributed by atoms with Crippen LogP contribution in [0.4, 0.5) is 5.69 Å². The van der Waals surface area contributed by atoms with Gasteiger partial charge in [-0.15, -0.1) is 0 Å². The average Bonchev–Trinajstić information content (AvgIpc) is 2.68. The number of hydrogen-bond acceptors (Lipinski definition) is 4. The van der Waals surface area contributed by atoms with Gasteiger partial charge in [0.2, 0.25) is 15.9 Å². The maximum absolute atomic E-state index is 12.7. The number of pyridine rings is 1. The predicted molar refractivity (Wildman–Crippen MR) is 105 cm³/mol. The lowest BCUT2D eigenvalue weighted by molar-refractivity contribution is -0.120. The number of amides is 1. The zero-order chi connectivity index (χ0) is 19.4. The number of carbonyl (C=O) groups is 1. The van der Waals surface area contributed by atoms with Crippen LogP contribution in [-0.2, 0) is 21.2 Å². The predicted octanol–water partition coefficient (Wildman–Crippen LogP) is 3.34. The van der Waals surface area contributed by atoms with Crippen molar-refractivity contribution in [2.75, 3.05) is 18.4 Å². The topological polar surface area (TPSA) is 79.4 Å². The van der Waals surface area contributed by atoms with E-state index in [1.807, 2.05) is 24.3 Å². The zero-order valence-electron chi connectivity index (χ0n) is 15.1. The van der Waals surface area contributed by atoms with Gasteiger partial charge in [-0.3, -0.25) is 4.79 Å². The van der Waals surface area contributed by atoms with E-state index in [9.17, 15) is 13.2 Å². The summed E-state index contributed by atoms with van der Waals surface area (Å²) >= 11 is 5.94. The number of nitrogens with zero attached hydrogens (tertiary/aromatic N) is 2. The Morgan fingerprint density at radius 1 is 1.26 bits per heavy atom. The normalized spacial score (nSPS) is 16.2. The van der Waals surface area contributed by atoms with E-state index >= 15 is 0 Å². The van der Waals surface area contributed by atoms with Gasteiger partial charge in [-0.2, -0.15) is 4.31 Å². The minimum absolute atomic E-state index is 0.00551. The van der Waals surface area contributed by atoms with Gasteiger partial charge in [-0.1, -0.05) is 30.7 Å². The molecule has 0 saturated carbocycles. The molecule has 1 aromatic carbocycles. The van der Waals surface area contributed by atoms with Crippen molar-refractivity contribution in [1.29, 1.82) is 0 Å². The number of piperidine rings is 1.